The van der Waals surface area contributed by atoms with Gasteiger partial charge in [0, 0.05) is 16.1 Å². The summed E-state index contributed by atoms with van der Waals surface area (Å²) in [4.78, 5) is 0. The van der Waals surface area contributed by atoms with E-state index in [1.165, 1.54) is 18.4 Å². The van der Waals surface area contributed by atoms with Crippen molar-refractivity contribution in [3.63, 3.8) is 0 Å². The third-order valence-corrected chi connectivity index (χ3v) is 4.18. The van der Waals surface area contributed by atoms with Crippen molar-refractivity contribution in [3.05, 3.63) is 34.3 Å². The first-order chi connectivity index (χ1) is 7.53. The predicted octanol–water partition coefficient (Wildman–Crippen LogP) is 4.07. The molecule has 0 spiro atoms. The van der Waals surface area contributed by atoms with Crippen molar-refractivity contribution < 1.29 is 0 Å². The molecule has 0 bridgehead atoms. The van der Waals surface area contributed by atoms with Crippen LogP contribution in [-0.4, -0.2) is 6.04 Å². The third-order valence-electron chi connectivity index (χ3n) is 3.65. The molecular formula is C14H20BrN. The number of hydrogen-bond donors (Lipinski definition) is 1. The first kappa shape index (κ1) is 12.1. The summed E-state index contributed by atoms with van der Waals surface area (Å²) >= 11 is 3.49. The van der Waals surface area contributed by atoms with E-state index < -0.39 is 0 Å². The van der Waals surface area contributed by atoms with E-state index in [2.05, 4.69) is 66.3 Å². The standard InChI is InChI=1S/C14H20BrN/c1-10(2)11(3)16-14(8-9-14)12-4-6-13(15)7-5-12/h4-7,10-11,16H,8-9H2,1-3H3. The highest BCUT2D eigenvalue weighted by Gasteiger charge is 2.44. The second-order valence-corrected chi connectivity index (χ2v) is 6.18. The van der Waals surface area contributed by atoms with Gasteiger partial charge < -0.3 is 5.32 Å². The number of halogens is 1. The van der Waals surface area contributed by atoms with Gasteiger partial charge in [-0.1, -0.05) is 41.9 Å². The molecule has 1 aromatic rings. The molecule has 1 aliphatic carbocycles. The van der Waals surface area contributed by atoms with E-state index in [4.69, 9.17) is 0 Å². The first-order valence-electron chi connectivity index (χ1n) is 6.07. The largest absolute Gasteiger partial charge is 0.305 e. The second kappa shape index (κ2) is 4.50. The van der Waals surface area contributed by atoms with Crippen molar-refractivity contribution in [1.82, 2.24) is 5.32 Å². The van der Waals surface area contributed by atoms with E-state index in [0.29, 0.717) is 12.0 Å². The number of nitrogens with one attached hydrogen (secondary N) is 1. The van der Waals surface area contributed by atoms with Crippen LogP contribution < -0.4 is 5.32 Å². The molecule has 1 aromatic carbocycles. The molecule has 0 heterocycles. The minimum absolute atomic E-state index is 0.268. The molecule has 0 aliphatic heterocycles. The van der Waals surface area contributed by atoms with Gasteiger partial charge in [0.2, 0.25) is 0 Å². The summed E-state index contributed by atoms with van der Waals surface area (Å²) < 4.78 is 1.16. The highest BCUT2D eigenvalue weighted by atomic mass is 79.9. The van der Waals surface area contributed by atoms with Crippen LogP contribution >= 0.6 is 15.9 Å². The lowest BCUT2D eigenvalue weighted by atomic mass is 10.00. The fraction of sp³-hybridized carbons (Fsp3) is 0.571. The van der Waals surface area contributed by atoms with Crippen LogP contribution in [0.2, 0.25) is 0 Å². The summed E-state index contributed by atoms with van der Waals surface area (Å²) in [6.07, 6.45) is 2.54. The maximum atomic E-state index is 3.79. The molecular weight excluding hydrogens is 262 g/mol. The summed E-state index contributed by atoms with van der Waals surface area (Å²) in [5, 5.41) is 3.79. The molecule has 0 aromatic heterocycles. The zero-order valence-corrected chi connectivity index (χ0v) is 11.8. The summed E-state index contributed by atoms with van der Waals surface area (Å²) in [5.41, 5.74) is 1.70. The Morgan fingerprint density at radius 2 is 1.69 bits per heavy atom. The van der Waals surface area contributed by atoms with Crippen LogP contribution in [0.5, 0.6) is 0 Å². The Kier molecular flexibility index (Phi) is 3.41. The topological polar surface area (TPSA) is 12.0 Å². The Labute approximate surface area is 107 Å². The molecule has 1 aliphatic rings. The van der Waals surface area contributed by atoms with Crippen LogP contribution in [0.15, 0.2) is 28.7 Å². The molecule has 1 nitrogen and oxygen atoms in total. The van der Waals surface area contributed by atoms with Crippen molar-refractivity contribution in [2.45, 2.75) is 45.2 Å². The van der Waals surface area contributed by atoms with E-state index in [1.807, 2.05) is 0 Å². The average Bonchev–Trinajstić information content (AvgIpc) is 2.99. The lowest BCUT2D eigenvalue weighted by Gasteiger charge is -2.26. The van der Waals surface area contributed by atoms with Crippen molar-refractivity contribution in [3.8, 4) is 0 Å². The quantitative estimate of drug-likeness (QED) is 0.877. The summed E-state index contributed by atoms with van der Waals surface area (Å²) in [5.74, 6) is 0.688. The molecule has 1 saturated carbocycles. The van der Waals surface area contributed by atoms with E-state index in [-0.39, 0.29) is 5.54 Å². The number of rotatable bonds is 4. The van der Waals surface area contributed by atoms with E-state index >= 15 is 0 Å². The van der Waals surface area contributed by atoms with E-state index in [9.17, 15) is 0 Å². The van der Waals surface area contributed by atoms with Gasteiger partial charge in [-0.3, -0.25) is 0 Å². The van der Waals surface area contributed by atoms with Gasteiger partial charge in [-0.2, -0.15) is 0 Å². The van der Waals surface area contributed by atoms with Gasteiger partial charge >= 0.3 is 0 Å². The Bertz CT molecular complexity index is 352. The van der Waals surface area contributed by atoms with Crippen LogP contribution in [0.4, 0.5) is 0 Å². The lowest BCUT2D eigenvalue weighted by molar-refractivity contribution is 0.363. The van der Waals surface area contributed by atoms with Gasteiger partial charge in [0.05, 0.1) is 0 Å². The molecule has 16 heavy (non-hydrogen) atoms. The van der Waals surface area contributed by atoms with Crippen molar-refractivity contribution in [2.24, 2.45) is 5.92 Å². The SMILES string of the molecule is CC(C)C(C)NC1(c2ccc(Br)cc2)CC1. The molecule has 0 saturated heterocycles. The van der Waals surface area contributed by atoms with Crippen molar-refractivity contribution in [2.75, 3.05) is 0 Å². The van der Waals surface area contributed by atoms with E-state index in [1.54, 1.807) is 0 Å². The number of hydrogen-bond acceptors (Lipinski definition) is 1. The van der Waals surface area contributed by atoms with Gasteiger partial charge in [-0.05, 0) is 43.4 Å². The minimum Gasteiger partial charge on any atom is -0.305 e. The van der Waals surface area contributed by atoms with Gasteiger partial charge in [-0.25, -0.2) is 0 Å². The highest BCUT2D eigenvalue weighted by molar-refractivity contribution is 9.10. The molecule has 1 unspecified atom stereocenters. The van der Waals surface area contributed by atoms with Crippen LogP contribution in [-0.2, 0) is 5.54 Å². The zero-order chi connectivity index (χ0) is 11.8. The maximum absolute atomic E-state index is 3.79. The number of benzene rings is 1. The highest BCUT2D eigenvalue weighted by Crippen LogP contribution is 2.46. The van der Waals surface area contributed by atoms with Crippen molar-refractivity contribution in [1.29, 1.82) is 0 Å². The normalized spacial score (nSPS) is 19.8. The Hall–Kier alpha value is -0.340. The molecule has 1 atom stereocenters. The van der Waals surface area contributed by atoms with Crippen LogP contribution in [0.1, 0.15) is 39.2 Å². The minimum atomic E-state index is 0.268. The average molecular weight is 282 g/mol. The van der Waals surface area contributed by atoms with Gasteiger partial charge in [0.15, 0.2) is 0 Å². The molecule has 0 radical (unpaired) electrons. The summed E-state index contributed by atoms with van der Waals surface area (Å²) in [6, 6.07) is 9.31. The zero-order valence-electron chi connectivity index (χ0n) is 10.3. The second-order valence-electron chi connectivity index (χ2n) is 5.27. The van der Waals surface area contributed by atoms with Gasteiger partial charge in [-0.15, -0.1) is 0 Å². The Balaban J connectivity index is 2.11. The van der Waals surface area contributed by atoms with Crippen LogP contribution in [0.3, 0.4) is 0 Å². The summed E-state index contributed by atoms with van der Waals surface area (Å²) in [7, 11) is 0. The van der Waals surface area contributed by atoms with E-state index in [0.717, 1.165) is 4.47 Å². The van der Waals surface area contributed by atoms with Gasteiger partial charge in [0.1, 0.15) is 0 Å². The Morgan fingerprint density at radius 3 is 2.12 bits per heavy atom. The first-order valence-corrected chi connectivity index (χ1v) is 6.86. The smallest absolute Gasteiger partial charge is 0.0438 e. The monoisotopic (exact) mass is 281 g/mol. The maximum Gasteiger partial charge on any atom is 0.0438 e. The molecule has 88 valence electrons. The Morgan fingerprint density at radius 1 is 1.12 bits per heavy atom. The van der Waals surface area contributed by atoms with Crippen LogP contribution in [0, 0.1) is 5.92 Å². The molecule has 1 fully saturated rings. The lowest BCUT2D eigenvalue weighted by Crippen LogP contribution is -2.39. The van der Waals surface area contributed by atoms with Crippen molar-refractivity contribution >= 4 is 15.9 Å². The molecule has 2 rings (SSSR count). The third kappa shape index (κ3) is 2.49. The molecule has 1 N–H and O–H groups in total. The molecule has 2 heteroatoms. The summed E-state index contributed by atoms with van der Waals surface area (Å²) in [6.45, 7) is 6.83. The predicted molar refractivity (Wildman–Crippen MR) is 72.5 cm³/mol. The van der Waals surface area contributed by atoms with Gasteiger partial charge in [0.25, 0.3) is 0 Å². The van der Waals surface area contributed by atoms with Crippen LogP contribution in [0.25, 0.3) is 0 Å². The fourth-order valence-corrected chi connectivity index (χ4v) is 2.28. The fourth-order valence-electron chi connectivity index (χ4n) is 2.01. The molecule has 0 amide bonds.